The second-order valence-corrected chi connectivity index (χ2v) is 5.05. The fourth-order valence-corrected chi connectivity index (χ4v) is 2.19. The van der Waals surface area contributed by atoms with E-state index in [1.165, 1.54) is 0 Å². The van der Waals surface area contributed by atoms with Crippen molar-refractivity contribution < 1.29 is 9.53 Å². The van der Waals surface area contributed by atoms with E-state index in [9.17, 15) is 4.79 Å². The summed E-state index contributed by atoms with van der Waals surface area (Å²) in [7, 11) is 0. The van der Waals surface area contributed by atoms with Crippen LogP contribution < -0.4 is 15.4 Å². The minimum Gasteiger partial charge on any atom is -0.484 e. The van der Waals surface area contributed by atoms with Crippen LogP contribution in [0.3, 0.4) is 0 Å². The van der Waals surface area contributed by atoms with Crippen molar-refractivity contribution in [2.45, 2.75) is 6.92 Å². The number of amides is 1. The summed E-state index contributed by atoms with van der Waals surface area (Å²) in [5.74, 6) is 0.670. The highest BCUT2D eigenvalue weighted by atomic mass is 35.5. The Bertz CT molecular complexity index is 437. The maximum absolute atomic E-state index is 11.7. The molecular formula is C15H24ClN3O2. The third-order valence-corrected chi connectivity index (χ3v) is 3.32. The molecule has 0 radical (unpaired) electrons. The average molecular weight is 314 g/mol. The first kappa shape index (κ1) is 17.8. The van der Waals surface area contributed by atoms with Gasteiger partial charge in [-0.25, -0.2) is 0 Å². The van der Waals surface area contributed by atoms with E-state index in [2.05, 4.69) is 15.5 Å². The topological polar surface area (TPSA) is 53.6 Å². The normalized spacial score (nSPS) is 15.1. The van der Waals surface area contributed by atoms with Crippen LogP contribution in [0.1, 0.15) is 5.56 Å². The molecule has 1 heterocycles. The van der Waals surface area contributed by atoms with Crippen molar-refractivity contribution in [1.82, 2.24) is 15.5 Å². The number of hydrogen-bond donors (Lipinski definition) is 2. The lowest BCUT2D eigenvalue weighted by Crippen LogP contribution is -2.46. The molecule has 21 heavy (non-hydrogen) atoms. The molecule has 1 saturated heterocycles. The molecule has 0 aromatic heterocycles. The summed E-state index contributed by atoms with van der Waals surface area (Å²) < 4.78 is 5.46. The Balaban J connectivity index is 0.00000220. The third-order valence-electron chi connectivity index (χ3n) is 3.32. The molecule has 1 amide bonds. The summed E-state index contributed by atoms with van der Waals surface area (Å²) >= 11 is 0. The quantitative estimate of drug-likeness (QED) is 0.816. The van der Waals surface area contributed by atoms with Crippen molar-refractivity contribution in [2.24, 2.45) is 0 Å². The Kier molecular flexibility index (Phi) is 8.12. The van der Waals surface area contributed by atoms with Crippen molar-refractivity contribution in [2.75, 3.05) is 45.9 Å². The first-order valence-electron chi connectivity index (χ1n) is 7.13. The van der Waals surface area contributed by atoms with Gasteiger partial charge in [0.05, 0.1) is 0 Å². The molecule has 1 aliphatic rings. The minimum atomic E-state index is -0.0679. The maximum atomic E-state index is 11.7. The predicted molar refractivity (Wildman–Crippen MR) is 86.2 cm³/mol. The molecule has 5 nitrogen and oxygen atoms in total. The van der Waals surface area contributed by atoms with Crippen LogP contribution in [-0.2, 0) is 4.79 Å². The third kappa shape index (κ3) is 6.80. The van der Waals surface area contributed by atoms with Gasteiger partial charge in [-0.05, 0) is 24.6 Å². The number of ether oxygens (including phenoxy) is 1. The van der Waals surface area contributed by atoms with Crippen LogP contribution in [0.2, 0.25) is 0 Å². The number of carbonyl (C=O) groups excluding carboxylic acids is 1. The molecule has 0 unspecified atom stereocenters. The smallest absolute Gasteiger partial charge is 0.257 e. The second-order valence-electron chi connectivity index (χ2n) is 5.05. The highest BCUT2D eigenvalue weighted by molar-refractivity contribution is 5.85. The number of aryl methyl sites for hydroxylation is 1. The molecule has 0 spiro atoms. The first-order valence-corrected chi connectivity index (χ1v) is 7.13. The van der Waals surface area contributed by atoms with Gasteiger partial charge in [0.15, 0.2) is 6.61 Å². The van der Waals surface area contributed by atoms with Gasteiger partial charge in [0.25, 0.3) is 5.91 Å². The molecule has 1 aromatic rings. The molecule has 6 heteroatoms. The summed E-state index contributed by atoms with van der Waals surface area (Å²) in [4.78, 5) is 14.0. The lowest BCUT2D eigenvalue weighted by atomic mass is 10.2. The van der Waals surface area contributed by atoms with Crippen LogP contribution in [0.15, 0.2) is 24.3 Å². The highest BCUT2D eigenvalue weighted by Crippen LogP contribution is 2.11. The van der Waals surface area contributed by atoms with E-state index >= 15 is 0 Å². The van der Waals surface area contributed by atoms with Crippen LogP contribution in [0.25, 0.3) is 0 Å². The Morgan fingerprint density at radius 3 is 2.86 bits per heavy atom. The van der Waals surface area contributed by atoms with Crippen LogP contribution in [-0.4, -0.2) is 56.7 Å². The fourth-order valence-electron chi connectivity index (χ4n) is 2.19. The van der Waals surface area contributed by atoms with Crippen LogP contribution in [0, 0.1) is 6.92 Å². The summed E-state index contributed by atoms with van der Waals surface area (Å²) in [6.07, 6.45) is 0. The minimum absolute atomic E-state index is 0. The van der Waals surface area contributed by atoms with Crippen molar-refractivity contribution in [3.63, 3.8) is 0 Å². The van der Waals surface area contributed by atoms with Gasteiger partial charge in [0.2, 0.25) is 0 Å². The zero-order chi connectivity index (χ0) is 14.2. The van der Waals surface area contributed by atoms with Gasteiger partial charge in [0.1, 0.15) is 5.75 Å². The molecule has 2 N–H and O–H groups in total. The molecule has 118 valence electrons. The SMILES string of the molecule is Cc1cccc(OCC(=O)NCCN2CCNCC2)c1.Cl. The van der Waals surface area contributed by atoms with Crippen molar-refractivity contribution in [3.05, 3.63) is 29.8 Å². The molecule has 0 aliphatic carbocycles. The van der Waals surface area contributed by atoms with Crippen molar-refractivity contribution in [3.8, 4) is 5.75 Å². The fraction of sp³-hybridized carbons (Fsp3) is 0.533. The molecule has 0 saturated carbocycles. The van der Waals surface area contributed by atoms with E-state index in [1.54, 1.807) is 0 Å². The van der Waals surface area contributed by atoms with Gasteiger partial charge >= 0.3 is 0 Å². The number of rotatable bonds is 6. The van der Waals surface area contributed by atoms with Gasteiger partial charge in [-0.15, -0.1) is 12.4 Å². The Morgan fingerprint density at radius 2 is 2.14 bits per heavy atom. The molecule has 1 aromatic carbocycles. The van der Waals surface area contributed by atoms with Crippen LogP contribution in [0.4, 0.5) is 0 Å². The largest absolute Gasteiger partial charge is 0.484 e. The monoisotopic (exact) mass is 313 g/mol. The number of nitrogens with one attached hydrogen (secondary N) is 2. The highest BCUT2D eigenvalue weighted by Gasteiger charge is 2.09. The summed E-state index contributed by atoms with van der Waals surface area (Å²) in [6.45, 7) is 7.82. The number of benzene rings is 1. The van der Waals surface area contributed by atoms with Crippen LogP contribution >= 0.6 is 12.4 Å². The van der Waals surface area contributed by atoms with Gasteiger partial charge in [-0.2, -0.15) is 0 Å². The molecule has 1 aliphatic heterocycles. The summed E-state index contributed by atoms with van der Waals surface area (Å²) in [5.41, 5.74) is 1.13. The molecule has 2 rings (SSSR count). The molecule has 0 atom stereocenters. The number of hydrogen-bond acceptors (Lipinski definition) is 4. The second kappa shape index (κ2) is 9.60. The van der Waals surface area contributed by atoms with E-state index in [-0.39, 0.29) is 24.9 Å². The Labute approximate surface area is 132 Å². The van der Waals surface area contributed by atoms with Gasteiger partial charge in [-0.1, -0.05) is 12.1 Å². The summed E-state index contributed by atoms with van der Waals surface area (Å²) in [5, 5.41) is 6.20. The van der Waals surface area contributed by atoms with Crippen molar-refractivity contribution in [1.29, 1.82) is 0 Å². The van der Waals surface area contributed by atoms with Crippen LogP contribution in [0.5, 0.6) is 5.75 Å². The zero-order valence-corrected chi connectivity index (χ0v) is 13.2. The Hall–Kier alpha value is -1.30. The standard InChI is InChI=1S/C15H23N3O2.ClH/c1-13-3-2-4-14(11-13)20-12-15(19)17-7-10-18-8-5-16-6-9-18;/h2-4,11,16H,5-10,12H2,1H3,(H,17,19);1H. The van der Waals surface area contributed by atoms with E-state index in [0.717, 1.165) is 44.0 Å². The molecular weight excluding hydrogens is 290 g/mol. The van der Waals surface area contributed by atoms with E-state index < -0.39 is 0 Å². The summed E-state index contributed by atoms with van der Waals surface area (Å²) in [6, 6.07) is 7.71. The van der Waals surface area contributed by atoms with Gasteiger partial charge in [-0.3, -0.25) is 9.69 Å². The molecule has 1 fully saturated rings. The maximum Gasteiger partial charge on any atom is 0.257 e. The average Bonchev–Trinajstić information content (AvgIpc) is 2.46. The lowest BCUT2D eigenvalue weighted by molar-refractivity contribution is -0.123. The zero-order valence-electron chi connectivity index (χ0n) is 12.4. The first-order chi connectivity index (χ1) is 9.74. The number of nitrogens with zero attached hydrogens (tertiary/aromatic N) is 1. The number of piperazine rings is 1. The van der Waals surface area contributed by atoms with Crippen molar-refractivity contribution >= 4 is 18.3 Å². The van der Waals surface area contributed by atoms with Gasteiger partial charge < -0.3 is 15.4 Å². The molecule has 0 bridgehead atoms. The van der Waals surface area contributed by atoms with E-state index in [0.29, 0.717) is 6.54 Å². The van der Waals surface area contributed by atoms with Gasteiger partial charge in [0, 0.05) is 39.3 Å². The van der Waals surface area contributed by atoms with E-state index in [4.69, 9.17) is 4.74 Å². The number of halogens is 1. The predicted octanol–water partition coefficient (Wildman–Crippen LogP) is 0.817. The Morgan fingerprint density at radius 1 is 1.38 bits per heavy atom. The van der Waals surface area contributed by atoms with E-state index in [1.807, 2.05) is 31.2 Å². The number of carbonyl (C=O) groups is 1. The lowest BCUT2D eigenvalue weighted by Gasteiger charge is -2.27.